The van der Waals surface area contributed by atoms with Crippen LogP contribution >= 0.6 is 11.8 Å². The lowest BCUT2D eigenvalue weighted by Crippen LogP contribution is -2.13. The Morgan fingerprint density at radius 1 is 0.962 bits per heavy atom. The van der Waals surface area contributed by atoms with Crippen LogP contribution in [0.1, 0.15) is 37.8 Å². The number of hydrogen-bond donors (Lipinski definition) is 0. The fourth-order valence-corrected chi connectivity index (χ4v) is 3.58. The van der Waals surface area contributed by atoms with Gasteiger partial charge in [-0.25, -0.2) is 0 Å². The van der Waals surface area contributed by atoms with Crippen molar-refractivity contribution in [3.63, 3.8) is 0 Å². The third-order valence-corrected chi connectivity index (χ3v) is 4.92. The molecule has 26 heavy (non-hydrogen) atoms. The molecule has 1 atom stereocenters. The molecule has 138 valence electrons. The van der Waals surface area contributed by atoms with Crippen LogP contribution < -0.4 is 4.74 Å². The Labute approximate surface area is 160 Å². The van der Waals surface area contributed by atoms with Crippen LogP contribution in [0, 0.1) is 0 Å². The molecule has 0 bridgehead atoms. The third kappa shape index (κ3) is 6.68. The van der Waals surface area contributed by atoms with Crippen molar-refractivity contribution >= 4 is 22.7 Å². The Balaban J connectivity index is 0.000000758. The minimum absolute atomic E-state index is 0.0131. The maximum Gasteiger partial charge on any atom is 0.197 e. The fourth-order valence-electron chi connectivity index (χ4n) is 2.54. The Bertz CT molecular complexity index is 695. The van der Waals surface area contributed by atoms with Crippen molar-refractivity contribution in [1.82, 2.24) is 0 Å². The van der Waals surface area contributed by atoms with Gasteiger partial charge in [-0.1, -0.05) is 74.5 Å². The predicted molar refractivity (Wildman–Crippen MR) is 108 cm³/mol. The molecule has 1 aliphatic heterocycles. The summed E-state index contributed by atoms with van der Waals surface area (Å²) in [4.78, 5) is 22.9. The second-order valence-corrected chi connectivity index (χ2v) is 7.52. The summed E-state index contributed by atoms with van der Waals surface area (Å²) in [5.41, 5.74) is 2.31. The van der Waals surface area contributed by atoms with E-state index < -0.39 is 0 Å². The molecule has 2 aromatic rings. The zero-order valence-corrected chi connectivity index (χ0v) is 16.3. The van der Waals surface area contributed by atoms with E-state index in [0.717, 1.165) is 29.5 Å². The quantitative estimate of drug-likeness (QED) is 0.681. The van der Waals surface area contributed by atoms with Gasteiger partial charge in [0.05, 0.1) is 18.3 Å². The van der Waals surface area contributed by atoms with E-state index in [4.69, 9.17) is 4.74 Å². The van der Waals surface area contributed by atoms with Gasteiger partial charge in [0.1, 0.15) is 5.75 Å². The number of ether oxygens (including phenoxy) is 1. The maximum atomic E-state index is 11.7. The normalized spacial score (nSPS) is 16.2. The molecule has 0 saturated carbocycles. The van der Waals surface area contributed by atoms with Gasteiger partial charge in [0.2, 0.25) is 0 Å². The first kappa shape index (κ1) is 20.2. The molecule has 0 aromatic heterocycles. The van der Waals surface area contributed by atoms with Crippen LogP contribution in [0.4, 0.5) is 0 Å². The number of Topliss-reactive ketones (excluding diaryl/α,β-unsaturated/α-hetero) is 1. The summed E-state index contributed by atoms with van der Waals surface area (Å²) in [5, 5.41) is -0.229. The summed E-state index contributed by atoms with van der Waals surface area (Å²) in [5.74, 6) is 0.870. The van der Waals surface area contributed by atoms with Gasteiger partial charge < -0.3 is 4.74 Å². The van der Waals surface area contributed by atoms with E-state index in [9.17, 15) is 9.59 Å². The van der Waals surface area contributed by atoms with Crippen LogP contribution in [0.15, 0.2) is 54.6 Å². The van der Waals surface area contributed by atoms with Crippen LogP contribution in [0.25, 0.3) is 0 Å². The summed E-state index contributed by atoms with van der Waals surface area (Å²) in [6, 6.07) is 18.0. The van der Waals surface area contributed by atoms with Crippen molar-refractivity contribution in [3.8, 4) is 5.75 Å². The largest absolute Gasteiger partial charge is 0.493 e. The topological polar surface area (TPSA) is 43.4 Å². The first-order valence-corrected chi connectivity index (χ1v) is 9.98. The van der Waals surface area contributed by atoms with E-state index in [1.54, 1.807) is 0 Å². The zero-order chi connectivity index (χ0) is 18.8. The molecule has 4 heteroatoms. The molecule has 3 rings (SSSR count). The van der Waals surface area contributed by atoms with Gasteiger partial charge in [-0.15, -0.1) is 0 Å². The summed E-state index contributed by atoms with van der Waals surface area (Å²) in [6.07, 6.45) is 2.81. The molecule has 0 amide bonds. The highest BCUT2D eigenvalue weighted by Gasteiger charge is 2.31. The number of carbonyl (C=O) groups is 2. The SMILES string of the molecule is CCC.O=C1CC(=O)C(Cc2ccc(OCCc3ccccc3)cc2)S1. The monoisotopic (exact) mass is 370 g/mol. The summed E-state index contributed by atoms with van der Waals surface area (Å²) in [6.45, 7) is 4.88. The molecule has 0 N–H and O–H groups in total. The van der Waals surface area contributed by atoms with Crippen LogP contribution in [-0.4, -0.2) is 22.8 Å². The van der Waals surface area contributed by atoms with Crippen LogP contribution in [0.3, 0.4) is 0 Å². The van der Waals surface area contributed by atoms with Crippen molar-refractivity contribution in [3.05, 3.63) is 65.7 Å². The van der Waals surface area contributed by atoms with Crippen molar-refractivity contribution in [2.45, 2.75) is 44.8 Å². The first-order valence-electron chi connectivity index (χ1n) is 9.10. The molecule has 3 nitrogen and oxygen atoms in total. The molecule has 0 radical (unpaired) electrons. The number of hydrogen-bond acceptors (Lipinski definition) is 4. The first-order chi connectivity index (χ1) is 12.6. The van der Waals surface area contributed by atoms with E-state index in [-0.39, 0.29) is 22.6 Å². The molecular weight excluding hydrogens is 344 g/mol. The van der Waals surface area contributed by atoms with Crippen molar-refractivity contribution in [1.29, 1.82) is 0 Å². The van der Waals surface area contributed by atoms with E-state index >= 15 is 0 Å². The molecule has 2 aromatic carbocycles. The molecule has 0 spiro atoms. The van der Waals surface area contributed by atoms with Crippen LogP contribution in [-0.2, 0) is 22.4 Å². The predicted octanol–water partition coefficient (Wildman–Crippen LogP) is 4.87. The van der Waals surface area contributed by atoms with E-state index in [1.807, 2.05) is 42.5 Å². The molecular formula is C22H26O3S. The maximum absolute atomic E-state index is 11.7. The summed E-state index contributed by atoms with van der Waals surface area (Å²) in [7, 11) is 0. The van der Waals surface area contributed by atoms with E-state index in [2.05, 4.69) is 26.0 Å². The van der Waals surface area contributed by atoms with Gasteiger partial charge in [-0.05, 0) is 29.7 Å². The molecule has 1 heterocycles. The lowest BCUT2D eigenvalue weighted by Gasteiger charge is -2.09. The number of thioether (sulfide) groups is 1. The highest BCUT2D eigenvalue weighted by Crippen LogP contribution is 2.28. The summed E-state index contributed by atoms with van der Waals surface area (Å²) >= 11 is 1.16. The van der Waals surface area contributed by atoms with Gasteiger partial charge in [-0.2, -0.15) is 0 Å². The van der Waals surface area contributed by atoms with E-state index in [1.165, 1.54) is 12.0 Å². The highest BCUT2D eigenvalue weighted by molar-refractivity contribution is 8.15. The van der Waals surface area contributed by atoms with Crippen molar-refractivity contribution in [2.75, 3.05) is 6.61 Å². The minimum Gasteiger partial charge on any atom is -0.493 e. The average molecular weight is 371 g/mol. The second kappa shape index (κ2) is 10.8. The standard InChI is InChI=1S/C19H18O3S.C3H8/c20-17-13-19(21)23-18(17)12-15-6-8-16(9-7-15)22-11-10-14-4-2-1-3-5-14;1-3-2/h1-9,18H,10-13H2;3H2,1-2H3. The third-order valence-electron chi connectivity index (χ3n) is 3.80. The molecule has 1 aliphatic rings. The smallest absolute Gasteiger partial charge is 0.197 e. The van der Waals surface area contributed by atoms with Crippen molar-refractivity contribution < 1.29 is 14.3 Å². The summed E-state index contributed by atoms with van der Waals surface area (Å²) < 4.78 is 5.75. The van der Waals surface area contributed by atoms with Crippen LogP contribution in [0.2, 0.25) is 0 Å². The Hall–Kier alpha value is -2.07. The van der Waals surface area contributed by atoms with Gasteiger partial charge >= 0.3 is 0 Å². The lowest BCUT2D eigenvalue weighted by atomic mass is 10.1. The highest BCUT2D eigenvalue weighted by atomic mass is 32.2. The van der Waals surface area contributed by atoms with Crippen molar-refractivity contribution in [2.24, 2.45) is 0 Å². The molecule has 1 fully saturated rings. The Kier molecular flexibility index (Phi) is 8.42. The van der Waals surface area contributed by atoms with Crippen LogP contribution in [0.5, 0.6) is 5.75 Å². The average Bonchev–Trinajstić information content (AvgIpc) is 2.95. The van der Waals surface area contributed by atoms with E-state index in [0.29, 0.717) is 13.0 Å². The Morgan fingerprint density at radius 2 is 1.62 bits per heavy atom. The molecule has 0 aliphatic carbocycles. The zero-order valence-electron chi connectivity index (χ0n) is 15.4. The molecule has 1 unspecified atom stereocenters. The lowest BCUT2D eigenvalue weighted by molar-refractivity contribution is -0.121. The number of ketones is 1. The van der Waals surface area contributed by atoms with Gasteiger partial charge in [0, 0.05) is 6.42 Å². The number of benzene rings is 2. The van der Waals surface area contributed by atoms with Gasteiger partial charge in [0.25, 0.3) is 0 Å². The van der Waals surface area contributed by atoms with Gasteiger partial charge in [0.15, 0.2) is 10.9 Å². The number of carbonyl (C=O) groups excluding carboxylic acids is 2. The molecule has 1 saturated heterocycles. The van der Waals surface area contributed by atoms with Gasteiger partial charge in [-0.3, -0.25) is 9.59 Å². The Morgan fingerprint density at radius 3 is 2.19 bits per heavy atom. The number of rotatable bonds is 6. The second-order valence-electron chi connectivity index (χ2n) is 6.26. The fraction of sp³-hybridized carbons (Fsp3) is 0.364. The minimum atomic E-state index is -0.215.